The quantitative estimate of drug-likeness (QED) is 0.548. The lowest BCUT2D eigenvalue weighted by Crippen LogP contribution is -2.36. The number of aryl methyl sites for hydroxylation is 1. The molecule has 2 aliphatic heterocycles. The third-order valence-electron chi connectivity index (χ3n) is 6.57. The number of nitrogens with zero attached hydrogens (tertiary/aromatic N) is 3. The Labute approximate surface area is 193 Å². The van der Waals surface area contributed by atoms with Crippen LogP contribution in [0.25, 0.3) is 11.7 Å². The minimum Gasteiger partial charge on any atom is -0.352 e. The van der Waals surface area contributed by atoms with Crippen molar-refractivity contribution in [2.24, 2.45) is 5.92 Å². The maximum Gasteiger partial charge on any atom is 0.258 e. The molecule has 5 rings (SSSR count). The molecule has 0 bridgehead atoms. The van der Waals surface area contributed by atoms with Crippen LogP contribution in [-0.4, -0.2) is 46.4 Å². The van der Waals surface area contributed by atoms with E-state index in [9.17, 15) is 4.79 Å². The summed E-state index contributed by atoms with van der Waals surface area (Å²) in [5.41, 5.74) is 3.33. The molecule has 2 aromatic heterocycles. The lowest BCUT2D eigenvalue weighted by molar-refractivity contribution is -0.116. The number of hydrogen-bond donors (Lipinski definition) is 1. The van der Waals surface area contributed by atoms with Crippen LogP contribution < -0.4 is 5.32 Å². The maximum absolute atomic E-state index is 12.7. The number of benzene rings is 1. The van der Waals surface area contributed by atoms with Crippen LogP contribution in [0.3, 0.4) is 0 Å². The van der Waals surface area contributed by atoms with Crippen LogP contribution in [0, 0.1) is 5.92 Å². The fourth-order valence-corrected chi connectivity index (χ4v) is 5.73. The van der Waals surface area contributed by atoms with Crippen molar-refractivity contribution in [2.45, 2.75) is 37.1 Å². The van der Waals surface area contributed by atoms with E-state index in [0.29, 0.717) is 5.92 Å². The van der Waals surface area contributed by atoms with Gasteiger partial charge in [-0.25, -0.2) is 4.98 Å². The van der Waals surface area contributed by atoms with Crippen molar-refractivity contribution in [1.29, 1.82) is 0 Å². The zero-order chi connectivity index (χ0) is 21.8. The van der Waals surface area contributed by atoms with Gasteiger partial charge in [0.15, 0.2) is 0 Å². The average molecular weight is 447 g/mol. The number of likely N-dealkylation sites (tertiary alicyclic amines) is 1. The van der Waals surface area contributed by atoms with Crippen LogP contribution in [-0.2, 0) is 11.2 Å². The number of aromatic nitrogens is 2. The summed E-state index contributed by atoms with van der Waals surface area (Å²) in [7, 11) is 0. The van der Waals surface area contributed by atoms with Gasteiger partial charge in [-0.1, -0.05) is 48.2 Å². The minimum absolute atomic E-state index is 0.0257. The van der Waals surface area contributed by atoms with Crippen molar-refractivity contribution in [3.8, 4) is 0 Å². The molecular formula is C26H30N4OS. The molecule has 0 spiro atoms. The second-order valence-corrected chi connectivity index (χ2v) is 9.83. The molecule has 0 unspecified atom stereocenters. The molecule has 1 fully saturated rings. The molecule has 32 heavy (non-hydrogen) atoms. The number of rotatable bonds is 8. The minimum atomic E-state index is 0.0257. The Morgan fingerprint density at radius 2 is 1.94 bits per heavy atom. The van der Waals surface area contributed by atoms with Gasteiger partial charge in [0.1, 0.15) is 5.65 Å². The Kier molecular flexibility index (Phi) is 6.60. The van der Waals surface area contributed by atoms with Crippen LogP contribution in [0.15, 0.2) is 64.7 Å². The van der Waals surface area contributed by atoms with Gasteiger partial charge in [0, 0.05) is 6.54 Å². The molecule has 1 N–H and O–H groups in total. The van der Waals surface area contributed by atoms with Gasteiger partial charge in [-0.2, -0.15) is 0 Å². The van der Waals surface area contributed by atoms with Gasteiger partial charge in [0.25, 0.3) is 5.91 Å². The summed E-state index contributed by atoms with van der Waals surface area (Å²) in [4.78, 5) is 20.5. The molecular weight excluding hydrogens is 416 g/mol. The number of amides is 1. The van der Waals surface area contributed by atoms with Crippen molar-refractivity contribution in [3.63, 3.8) is 0 Å². The second kappa shape index (κ2) is 9.92. The molecule has 0 aliphatic carbocycles. The van der Waals surface area contributed by atoms with Gasteiger partial charge in [-0.05, 0) is 81.4 Å². The Morgan fingerprint density at radius 3 is 2.78 bits per heavy atom. The van der Waals surface area contributed by atoms with Gasteiger partial charge in [0.05, 0.1) is 21.8 Å². The van der Waals surface area contributed by atoms with Crippen LogP contribution in [0.2, 0.25) is 0 Å². The first-order valence-corrected chi connectivity index (χ1v) is 12.5. The highest BCUT2D eigenvalue weighted by molar-refractivity contribution is 8.04. The summed E-state index contributed by atoms with van der Waals surface area (Å²) in [5.74, 6) is 0.738. The molecule has 5 nitrogen and oxygen atoms in total. The molecule has 1 amide bonds. The Hall–Kier alpha value is -2.57. The zero-order valence-corrected chi connectivity index (χ0v) is 19.2. The lowest BCUT2D eigenvalue weighted by Gasteiger charge is -2.32. The highest BCUT2D eigenvalue weighted by Gasteiger charge is 2.21. The number of piperidine rings is 1. The van der Waals surface area contributed by atoms with Gasteiger partial charge < -0.3 is 10.2 Å². The third-order valence-corrected chi connectivity index (χ3v) is 7.62. The molecule has 6 heteroatoms. The van der Waals surface area contributed by atoms with Crippen molar-refractivity contribution in [1.82, 2.24) is 19.6 Å². The molecule has 0 radical (unpaired) electrons. The van der Waals surface area contributed by atoms with E-state index in [-0.39, 0.29) is 5.91 Å². The number of carbonyl (C=O) groups excluding carboxylic acids is 1. The summed E-state index contributed by atoms with van der Waals surface area (Å²) in [5, 5.41) is 4.19. The second-order valence-electron chi connectivity index (χ2n) is 8.77. The summed E-state index contributed by atoms with van der Waals surface area (Å²) in [6.07, 6.45) is 9.70. The predicted octanol–water partition coefficient (Wildman–Crippen LogP) is 4.63. The molecule has 1 aromatic carbocycles. The average Bonchev–Trinajstić information content (AvgIpc) is 3.25. The van der Waals surface area contributed by atoms with E-state index in [1.165, 1.54) is 56.2 Å². The van der Waals surface area contributed by atoms with Crippen molar-refractivity contribution < 1.29 is 4.79 Å². The van der Waals surface area contributed by atoms with E-state index in [0.717, 1.165) is 40.7 Å². The first-order valence-electron chi connectivity index (χ1n) is 11.7. The van der Waals surface area contributed by atoms with Crippen molar-refractivity contribution >= 4 is 29.4 Å². The topological polar surface area (TPSA) is 49.6 Å². The number of thioether (sulfide) groups is 1. The predicted molar refractivity (Wildman–Crippen MR) is 131 cm³/mol. The monoisotopic (exact) mass is 446 g/mol. The standard InChI is InChI=1S/C26H30N4OS/c31-26(23-18-22-19-28-24-9-4-10-25(32-23)30(22)24)27-14-11-21-12-16-29(17-13-21)15-5-8-20-6-2-1-3-7-20/h1-4,6-7,9-10,18-19,21H,5,8,11-17H2,(H,27,31). The van der Waals surface area contributed by atoms with Gasteiger partial charge >= 0.3 is 0 Å². The Morgan fingerprint density at radius 1 is 1.09 bits per heavy atom. The lowest BCUT2D eigenvalue weighted by atomic mass is 9.93. The molecule has 166 valence electrons. The molecule has 2 aliphatic rings. The number of nitrogens with one attached hydrogen (secondary N) is 1. The van der Waals surface area contributed by atoms with Gasteiger partial charge in [-0.15, -0.1) is 0 Å². The molecule has 0 atom stereocenters. The molecule has 0 saturated carbocycles. The summed E-state index contributed by atoms with van der Waals surface area (Å²) < 4.78 is 2.09. The number of pyridine rings is 1. The molecule has 4 heterocycles. The van der Waals surface area contributed by atoms with Crippen molar-refractivity contribution in [3.05, 3.63) is 70.9 Å². The fourth-order valence-electron chi connectivity index (χ4n) is 4.73. The summed E-state index contributed by atoms with van der Waals surface area (Å²) in [6, 6.07) is 16.8. The van der Waals surface area contributed by atoms with Crippen LogP contribution >= 0.6 is 11.8 Å². The number of hydrogen-bond acceptors (Lipinski definition) is 4. The summed E-state index contributed by atoms with van der Waals surface area (Å²) in [6.45, 7) is 4.30. The Balaban J connectivity index is 1.02. The van der Waals surface area contributed by atoms with Gasteiger partial charge in [-0.3, -0.25) is 9.20 Å². The van der Waals surface area contributed by atoms with Crippen LogP contribution in [0.5, 0.6) is 0 Å². The zero-order valence-electron chi connectivity index (χ0n) is 18.4. The number of imidazole rings is 1. The SMILES string of the molecule is O=C(NCCC1CCN(CCCc2ccccc2)CC1)C1=Cc2cnc3cccc(n23)S1. The van der Waals surface area contributed by atoms with Crippen molar-refractivity contribution in [2.75, 3.05) is 26.2 Å². The maximum atomic E-state index is 12.7. The van der Waals surface area contributed by atoms with E-state index >= 15 is 0 Å². The normalized spacial score (nSPS) is 16.8. The number of carbonyl (C=O) groups is 1. The highest BCUT2D eigenvalue weighted by Crippen LogP contribution is 2.34. The first kappa shape index (κ1) is 21.3. The Bertz CT molecular complexity index is 1100. The smallest absolute Gasteiger partial charge is 0.258 e. The molecule has 3 aromatic rings. The van der Waals surface area contributed by atoms with Crippen LogP contribution in [0.4, 0.5) is 0 Å². The third kappa shape index (κ3) is 4.92. The summed E-state index contributed by atoms with van der Waals surface area (Å²) >= 11 is 1.52. The largest absolute Gasteiger partial charge is 0.352 e. The van der Waals surface area contributed by atoms with E-state index in [1.807, 2.05) is 30.5 Å². The van der Waals surface area contributed by atoms with E-state index in [2.05, 4.69) is 49.9 Å². The highest BCUT2D eigenvalue weighted by atomic mass is 32.2. The van der Waals surface area contributed by atoms with Crippen LogP contribution in [0.1, 0.15) is 36.9 Å². The van der Waals surface area contributed by atoms with E-state index in [1.54, 1.807) is 0 Å². The van der Waals surface area contributed by atoms with Gasteiger partial charge in [0.2, 0.25) is 0 Å². The molecule has 1 saturated heterocycles. The van der Waals surface area contributed by atoms with E-state index in [4.69, 9.17) is 0 Å². The van der Waals surface area contributed by atoms with E-state index < -0.39 is 0 Å². The fraction of sp³-hybridized carbons (Fsp3) is 0.385. The first-order chi connectivity index (χ1) is 15.8.